The Balaban J connectivity index is 2.45. The number of hydrogen-bond donors (Lipinski definition) is 1. The largest absolute Gasteiger partial charge is 0.391 e. The van der Waals surface area contributed by atoms with Gasteiger partial charge >= 0.3 is 0 Å². The molecular formula is C17H19Cl2NO. The van der Waals surface area contributed by atoms with Crippen LogP contribution in [0, 0.1) is 0 Å². The van der Waals surface area contributed by atoms with Crippen molar-refractivity contribution in [3.05, 3.63) is 69.7 Å². The molecule has 0 saturated heterocycles. The van der Waals surface area contributed by atoms with Crippen LogP contribution >= 0.6 is 23.2 Å². The van der Waals surface area contributed by atoms with Gasteiger partial charge in [-0.2, -0.15) is 0 Å². The molecule has 4 heteroatoms. The van der Waals surface area contributed by atoms with Crippen LogP contribution in [0.5, 0.6) is 0 Å². The Kier molecular flexibility index (Phi) is 5.65. The van der Waals surface area contributed by atoms with Gasteiger partial charge in [0.05, 0.1) is 6.10 Å². The highest BCUT2D eigenvalue weighted by Crippen LogP contribution is 2.32. The van der Waals surface area contributed by atoms with E-state index in [0.717, 1.165) is 11.1 Å². The minimum absolute atomic E-state index is 0.162. The van der Waals surface area contributed by atoms with E-state index in [9.17, 15) is 5.11 Å². The van der Waals surface area contributed by atoms with Crippen molar-refractivity contribution < 1.29 is 5.11 Å². The van der Waals surface area contributed by atoms with E-state index in [1.165, 1.54) is 0 Å². The van der Waals surface area contributed by atoms with Gasteiger partial charge in [-0.05, 0) is 43.4 Å². The fourth-order valence-corrected chi connectivity index (χ4v) is 3.07. The van der Waals surface area contributed by atoms with Crippen LogP contribution in [0.2, 0.25) is 10.0 Å². The zero-order chi connectivity index (χ0) is 15.4. The van der Waals surface area contributed by atoms with Gasteiger partial charge < -0.3 is 10.0 Å². The molecule has 2 atom stereocenters. The van der Waals surface area contributed by atoms with E-state index in [0.29, 0.717) is 16.6 Å². The summed E-state index contributed by atoms with van der Waals surface area (Å²) < 4.78 is 0. The zero-order valence-electron chi connectivity index (χ0n) is 12.1. The van der Waals surface area contributed by atoms with E-state index in [-0.39, 0.29) is 5.92 Å². The summed E-state index contributed by atoms with van der Waals surface area (Å²) in [5.74, 6) is -0.162. The van der Waals surface area contributed by atoms with Crippen LogP contribution in [0.4, 0.5) is 0 Å². The first kappa shape index (κ1) is 16.3. The Labute approximate surface area is 135 Å². The van der Waals surface area contributed by atoms with E-state index in [2.05, 4.69) is 0 Å². The molecule has 0 aromatic heterocycles. The molecule has 0 aliphatic heterocycles. The highest BCUT2D eigenvalue weighted by Gasteiger charge is 2.24. The summed E-state index contributed by atoms with van der Waals surface area (Å²) in [6.07, 6.45) is -0.545. The molecule has 2 nitrogen and oxygen atoms in total. The van der Waals surface area contributed by atoms with E-state index < -0.39 is 6.10 Å². The van der Waals surface area contributed by atoms with Gasteiger partial charge in [-0.1, -0.05) is 53.5 Å². The number of aliphatic hydroxyl groups excluding tert-OH is 1. The Morgan fingerprint density at radius 2 is 1.52 bits per heavy atom. The molecule has 0 fully saturated rings. The molecule has 0 spiro atoms. The smallest absolute Gasteiger partial charge is 0.0775 e. The molecule has 2 aromatic rings. The minimum atomic E-state index is -0.545. The maximum Gasteiger partial charge on any atom is 0.0775 e. The van der Waals surface area contributed by atoms with Crippen LogP contribution < -0.4 is 0 Å². The van der Waals surface area contributed by atoms with Gasteiger partial charge in [-0.15, -0.1) is 0 Å². The molecule has 0 saturated carbocycles. The predicted molar refractivity (Wildman–Crippen MR) is 89.3 cm³/mol. The quantitative estimate of drug-likeness (QED) is 0.897. The second kappa shape index (κ2) is 7.28. The van der Waals surface area contributed by atoms with Crippen molar-refractivity contribution in [2.45, 2.75) is 12.0 Å². The molecule has 2 aromatic carbocycles. The van der Waals surface area contributed by atoms with Crippen molar-refractivity contribution in [2.75, 3.05) is 20.6 Å². The third kappa shape index (κ3) is 4.45. The summed E-state index contributed by atoms with van der Waals surface area (Å²) in [7, 11) is 3.88. The highest BCUT2D eigenvalue weighted by molar-refractivity contribution is 6.34. The third-order valence-corrected chi connectivity index (χ3v) is 3.78. The Morgan fingerprint density at radius 1 is 0.952 bits per heavy atom. The van der Waals surface area contributed by atoms with Crippen LogP contribution in [-0.4, -0.2) is 36.8 Å². The van der Waals surface area contributed by atoms with Crippen molar-refractivity contribution in [2.24, 2.45) is 0 Å². The topological polar surface area (TPSA) is 23.5 Å². The molecule has 0 radical (unpaired) electrons. The molecule has 0 aliphatic rings. The molecular weight excluding hydrogens is 305 g/mol. The molecule has 21 heavy (non-hydrogen) atoms. The first-order valence-corrected chi connectivity index (χ1v) is 7.56. The maximum absolute atomic E-state index is 10.6. The number of aliphatic hydroxyl groups is 1. The van der Waals surface area contributed by atoms with Crippen molar-refractivity contribution in [3.8, 4) is 0 Å². The van der Waals surface area contributed by atoms with Crippen molar-refractivity contribution >= 4 is 23.2 Å². The van der Waals surface area contributed by atoms with Crippen LogP contribution in [0.1, 0.15) is 17.0 Å². The van der Waals surface area contributed by atoms with Gasteiger partial charge in [0.25, 0.3) is 0 Å². The van der Waals surface area contributed by atoms with E-state index in [4.69, 9.17) is 23.2 Å². The molecule has 0 bridgehead atoms. The second-order valence-corrected chi connectivity index (χ2v) is 6.29. The van der Waals surface area contributed by atoms with Gasteiger partial charge in [0.15, 0.2) is 0 Å². The number of nitrogens with zero attached hydrogens (tertiary/aromatic N) is 1. The average molecular weight is 324 g/mol. The highest BCUT2D eigenvalue weighted by atomic mass is 35.5. The maximum atomic E-state index is 10.6. The number of hydrogen-bond acceptors (Lipinski definition) is 2. The summed E-state index contributed by atoms with van der Waals surface area (Å²) in [6, 6.07) is 15.4. The number of halogens is 2. The van der Waals surface area contributed by atoms with Crippen LogP contribution in [0.15, 0.2) is 48.5 Å². The first-order valence-electron chi connectivity index (χ1n) is 6.81. The SMILES string of the molecule is CN(C)CC(O)C(c1ccccc1)c1cc(Cl)cc(Cl)c1. The molecule has 2 unspecified atom stereocenters. The van der Waals surface area contributed by atoms with E-state index >= 15 is 0 Å². The van der Waals surface area contributed by atoms with Crippen molar-refractivity contribution in [1.29, 1.82) is 0 Å². The molecule has 1 N–H and O–H groups in total. The summed E-state index contributed by atoms with van der Waals surface area (Å²) in [4.78, 5) is 1.97. The Hall–Kier alpha value is -1.06. The fraction of sp³-hybridized carbons (Fsp3) is 0.294. The monoisotopic (exact) mass is 323 g/mol. The van der Waals surface area contributed by atoms with E-state index in [1.54, 1.807) is 6.07 Å². The summed E-state index contributed by atoms with van der Waals surface area (Å²) in [5.41, 5.74) is 1.97. The average Bonchev–Trinajstić information content (AvgIpc) is 2.38. The van der Waals surface area contributed by atoms with Crippen LogP contribution in [0.25, 0.3) is 0 Å². The molecule has 112 valence electrons. The van der Waals surface area contributed by atoms with Gasteiger partial charge in [-0.3, -0.25) is 0 Å². The summed E-state index contributed by atoms with van der Waals surface area (Å²) in [6.45, 7) is 0.559. The number of benzene rings is 2. The molecule has 2 rings (SSSR count). The standard InChI is InChI=1S/C17H19Cl2NO/c1-20(2)11-16(21)17(12-6-4-3-5-7-12)13-8-14(18)10-15(19)9-13/h3-10,16-17,21H,11H2,1-2H3. The molecule has 0 heterocycles. The lowest BCUT2D eigenvalue weighted by Crippen LogP contribution is -2.31. The lowest BCUT2D eigenvalue weighted by atomic mass is 9.86. The normalized spacial score (nSPS) is 14.2. The molecule has 0 aliphatic carbocycles. The number of rotatable bonds is 5. The Bertz CT molecular complexity index is 566. The molecule has 0 amide bonds. The number of likely N-dealkylation sites (N-methyl/N-ethyl adjacent to an activating group) is 1. The first-order chi connectivity index (χ1) is 9.97. The van der Waals surface area contributed by atoms with Crippen molar-refractivity contribution in [3.63, 3.8) is 0 Å². The van der Waals surface area contributed by atoms with E-state index in [1.807, 2.05) is 61.5 Å². The fourth-order valence-electron chi connectivity index (χ4n) is 2.53. The predicted octanol–water partition coefficient (Wildman–Crippen LogP) is 4.05. The third-order valence-electron chi connectivity index (χ3n) is 3.34. The van der Waals surface area contributed by atoms with Gasteiger partial charge in [0, 0.05) is 22.5 Å². The second-order valence-electron chi connectivity index (χ2n) is 5.42. The van der Waals surface area contributed by atoms with Gasteiger partial charge in [-0.25, -0.2) is 0 Å². The lowest BCUT2D eigenvalue weighted by molar-refractivity contribution is 0.121. The zero-order valence-corrected chi connectivity index (χ0v) is 13.6. The van der Waals surface area contributed by atoms with Gasteiger partial charge in [0.2, 0.25) is 0 Å². The van der Waals surface area contributed by atoms with Crippen molar-refractivity contribution in [1.82, 2.24) is 4.90 Å². The summed E-state index contributed by atoms with van der Waals surface area (Å²) in [5, 5.41) is 11.8. The minimum Gasteiger partial charge on any atom is -0.391 e. The van der Waals surface area contributed by atoms with Crippen LogP contribution in [0.3, 0.4) is 0 Å². The van der Waals surface area contributed by atoms with Crippen LogP contribution in [-0.2, 0) is 0 Å². The summed E-state index contributed by atoms with van der Waals surface area (Å²) >= 11 is 12.2. The Morgan fingerprint density at radius 3 is 2.05 bits per heavy atom. The van der Waals surface area contributed by atoms with Gasteiger partial charge in [0.1, 0.15) is 0 Å². The lowest BCUT2D eigenvalue weighted by Gasteiger charge is -2.26.